The summed E-state index contributed by atoms with van der Waals surface area (Å²) in [5, 5.41) is 13.3. The van der Waals surface area contributed by atoms with Crippen LogP contribution in [0.3, 0.4) is 0 Å². The van der Waals surface area contributed by atoms with E-state index >= 15 is 0 Å². The third-order valence-corrected chi connectivity index (χ3v) is 4.42. The predicted molar refractivity (Wildman–Crippen MR) is 96.6 cm³/mol. The number of hydrogen-bond acceptors (Lipinski definition) is 3. The van der Waals surface area contributed by atoms with Crippen LogP contribution in [0.1, 0.15) is 40.7 Å². The highest BCUT2D eigenvalue weighted by Gasteiger charge is 2.19. The topological polar surface area (TPSA) is 75.4 Å². The van der Waals surface area contributed by atoms with Crippen molar-refractivity contribution in [2.75, 3.05) is 13.1 Å². The Morgan fingerprint density at radius 1 is 1.22 bits per heavy atom. The highest BCUT2D eigenvalue weighted by atomic mass is 19.3. The summed E-state index contributed by atoms with van der Waals surface area (Å²) in [5.74, 6) is -1.31. The van der Waals surface area contributed by atoms with Crippen LogP contribution < -0.4 is 0 Å². The van der Waals surface area contributed by atoms with Crippen LogP contribution in [-0.4, -0.2) is 51.2 Å². The van der Waals surface area contributed by atoms with Crippen LogP contribution in [0.2, 0.25) is 0 Å². The molecule has 0 aliphatic heterocycles. The minimum atomic E-state index is -2.58. The summed E-state index contributed by atoms with van der Waals surface area (Å²) in [5.41, 5.74) is 3.51. The van der Waals surface area contributed by atoms with Gasteiger partial charge in [0.2, 0.25) is 0 Å². The number of amides is 1. The number of hydrogen-bond donors (Lipinski definition) is 1. The first-order valence-electron chi connectivity index (χ1n) is 8.69. The second kappa shape index (κ2) is 8.75. The van der Waals surface area contributed by atoms with Crippen molar-refractivity contribution in [1.82, 2.24) is 14.7 Å². The summed E-state index contributed by atoms with van der Waals surface area (Å²) in [6.45, 7) is 4.94. The Balaban J connectivity index is 2.23. The SMILES string of the molecule is CCN(CC(F)F)C(=O)c1ccc(-n2nc(C)c(CCC(=O)O)c2C)cc1. The van der Waals surface area contributed by atoms with Gasteiger partial charge in [0.25, 0.3) is 12.3 Å². The Bertz CT molecular complexity index is 816. The molecular formula is C19H23F2N3O3. The van der Waals surface area contributed by atoms with Gasteiger partial charge in [-0.25, -0.2) is 13.5 Å². The van der Waals surface area contributed by atoms with Crippen molar-refractivity contribution in [2.24, 2.45) is 0 Å². The molecule has 1 aromatic heterocycles. The lowest BCUT2D eigenvalue weighted by Gasteiger charge is -2.20. The van der Waals surface area contributed by atoms with Gasteiger partial charge in [-0.1, -0.05) is 0 Å². The highest BCUT2D eigenvalue weighted by Crippen LogP contribution is 2.20. The van der Waals surface area contributed by atoms with E-state index in [1.165, 1.54) is 0 Å². The number of aliphatic carboxylic acids is 1. The summed E-state index contributed by atoms with van der Waals surface area (Å²) in [6, 6.07) is 6.56. The maximum absolute atomic E-state index is 12.6. The van der Waals surface area contributed by atoms with Gasteiger partial charge >= 0.3 is 5.97 Å². The number of benzene rings is 1. The van der Waals surface area contributed by atoms with E-state index in [1.807, 2.05) is 13.8 Å². The van der Waals surface area contributed by atoms with Crippen LogP contribution in [0.4, 0.5) is 8.78 Å². The lowest BCUT2D eigenvalue weighted by Crippen LogP contribution is -2.34. The Hall–Kier alpha value is -2.77. The Kier molecular flexibility index (Phi) is 6.65. The molecule has 2 rings (SSSR count). The van der Waals surface area contributed by atoms with Gasteiger partial charge in [-0.15, -0.1) is 0 Å². The Morgan fingerprint density at radius 3 is 2.37 bits per heavy atom. The van der Waals surface area contributed by atoms with Gasteiger partial charge in [0, 0.05) is 24.2 Å². The van der Waals surface area contributed by atoms with E-state index < -0.39 is 24.8 Å². The second-order valence-electron chi connectivity index (χ2n) is 6.24. The molecule has 0 aliphatic carbocycles. The van der Waals surface area contributed by atoms with Crippen molar-refractivity contribution in [1.29, 1.82) is 0 Å². The maximum atomic E-state index is 12.6. The third kappa shape index (κ3) is 4.90. The number of aromatic nitrogens is 2. The van der Waals surface area contributed by atoms with Gasteiger partial charge in [-0.05, 0) is 57.0 Å². The molecular weight excluding hydrogens is 356 g/mol. The quantitative estimate of drug-likeness (QED) is 0.764. The molecule has 0 saturated heterocycles. The number of carbonyl (C=O) groups excluding carboxylic acids is 1. The minimum Gasteiger partial charge on any atom is -0.481 e. The zero-order valence-electron chi connectivity index (χ0n) is 15.6. The second-order valence-corrected chi connectivity index (χ2v) is 6.24. The zero-order valence-corrected chi connectivity index (χ0v) is 15.6. The van der Waals surface area contributed by atoms with Crippen molar-refractivity contribution in [2.45, 2.75) is 40.0 Å². The van der Waals surface area contributed by atoms with Crippen molar-refractivity contribution in [3.05, 3.63) is 46.8 Å². The zero-order chi connectivity index (χ0) is 20.1. The van der Waals surface area contributed by atoms with Crippen LogP contribution in [-0.2, 0) is 11.2 Å². The van der Waals surface area contributed by atoms with E-state index in [2.05, 4.69) is 5.10 Å². The number of carboxylic acids is 1. The van der Waals surface area contributed by atoms with E-state index in [0.717, 1.165) is 21.9 Å². The molecule has 0 atom stereocenters. The lowest BCUT2D eigenvalue weighted by atomic mass is 10.1. The Morgan fingerprint density at radius 2 is 1.85 bits per heavy atom. The number of nitrogens with zero attached hydrogens (tertiary/aromatic N) is 3. The van der Waals surface area contributed by atoms with Gasteiger partial charge in [0.1, 0.15) is 0 Å². The molecule has 1 aromatic carbocycles. The summed E-state index contributed by atoms with van der Waals surface area (Å²) in [4.78, 5) is 24.3. The van der Waals surface area contributed by atoms with Crippen molar-refractivity contribution < 1.29 is 23.5 Å². The molecule has 1 heterocycles. The Labute approximate surface area is 156 Å². The van der Waals surface area contributed by atoms with E-state index in [1.54, 1.807) is 35.9 Å². The molecule has 0 unspecified atom stereocenters. The lowest BCUT2D eigenvalue weighted by molar-refractivity contribution is -0.136. The summed E-state index contributed by atoms with van der Waals surface area (Å²) < 4.78 is 26.9. The summed E-state index contributed by atoms with van der Waals surface area (Å²) in [6.07, 6.45) is -2.16. The van der Waals surface area contributed by atoms with E-state index in [9.17, 15) is 18.4 Å². The average Bonchev–Trinajstić information content (AvgIpc) is 2.91. The first-order valence-corrected chi connectivity index (χ1v) is 8.69. The van der Waals surface area contributed by atoms with Crippen LogP contribution >= 0.6 is 0 Å². The molecule has 1 N–H and O–H groups in total. The van der Waals surface area contributed by atoms with Crippen LogP contribution in [0.5, 0.6) is 0 Å². The molecule has 27 heavy (non-hydrogen) atoms. The standard InChI is InChI=1S/C19H23F2N3O3/c1-4-23(11-17(20)21)19(27)14-5-7-15(8-6-14)24-13(3)16(12(2)22-24)9-10-18(25)26/h5-8,17H,4,9-11H2,1-3H3,(H,25,26). The first-order chi connectivity index (χ1) is 12.7. The fraction of sp³-hybridized carbons (Fsp3) is 0.421. The van der Waals surface area contributed by atoms with Gasteiger partial charge in [-0.2, -0.15) is 5.10 Å². The monoisotopic (exact) mass is 379 g/mol. The van der Waals surface area contributed by atoms with Crippen molar-refractivity contribution in [3.63, 3.8) is 0 Å². The van der Waals surface area contributed by atoms with Crippen LogP contribution in [0, 0.1) is 13.8 Å². The fourth-order valence-electron chi connectivity index (χ4n) is 2.97. The number of carboxylic acid groups (broad SMARTS) is 1. The number of alkyl halides is 2. The molecule has 8 heteroatoms. The smallest absolute Gasteiger partial charge is 0.303 e. The molecule has 6 nitrogen and oxygen atoms in total. The largest absolute Gasteiger partial charge is 0.481 e. The van der Waals surface area contributed by atoms with Crippen molar-refractivity contribution in [3.8, 4) is 5.69 Å². The fourth-order valence-corrected chi connectivity index (χ4v) is 2.97. The molecule has 0 radical (unpaired) electrons. The van der Waals surface area contributed by atoms with Gasteiger partial charge in [0.15, 0.2) is 0 Å². The molecule has 0 fully saturated rings. The third-order valence-electron chi connectivity index (χ3n) is 4.42. The predicted octanol–water partition coefficient (Wildman–Crippen LogP) is 3.23. The van der Waals surface area contributed by atoms with Gasteiger partial charge in [0.05, 0.1) is 17.9 Å². The van der Waals surface area contributed by atoms with Crippen molar-refractivity contribution >= 4 is 11.9 Å². The number of rotatable bonds is 8. The van der Waals surface area contributed by atoms with Gasteiger partial charge in [-0.3, -0.25) is 9.59 Å². The molecule has 0 saturated carbocycles. The highest BCUT2D eigenvalue weighted by molar-refractivity contribution is 5.94. The van der Waals surface area contributed by atoms with E-state index in [-0.39, 0.29) is 13.0 Å². The molecule has 1 amide bonds. The van der Waals surface area contributed by atoms with E-state index in [4.69, 9.17) is 5.11 Å². The minimum absolute atomic E-state index is 0.0256. The first kappa shape index (κ1) is 20.5. The molecule has 146 valence electrons. The molecule has 0 aliphatic rings. The number of carbonyl (C=O) groups is 2. The number of aryl methyl sites for hydroxylation is 1. The average molecular weight is 379 g/mol. The summed E-state index contributed by atoms with van der Waals surface area (Å²) in [7, 11) is 0. The normalized spacial score (nSPS) is 11.0. The summed E-state index contributed by atoms with van der Waals surface area (Å²) >= 11 is 0. The van der Waals surface area contributed by atoms with Crippen LogP contribution in [0.15, 0.2) is 24.3 Å². The van der Waals surface area contributed by atoms with Gasteiger partial charge < -0.3 is 10.0 Å². The molecule has 0 spiro atoms. The molecule has 2 aromatic rings. The maximum Gasteiger partial charge on any atom is 0.303 e. The van der Waals surface area contributed by atoms with E-state index in [0.29, 0.717) is 17.7 Å². The van der Waals surface area contributed by atoms with Crippen LogP contribution in [0.25, 0.3) is 5.69 Å². The molecule has 0 bridgehead atoms. The number of halogens is 2.